The van der Waals surface area contributed by atoms with Crippen LogP contribution in [0.4, 0.5) is 0 Å². The van der Waals surface area contributed by atoms with Crippen LogP contribution in [0, 0.1) is 0 Å². The fraction of sp³-hybridized carbons (Fsp3) is 0.538. The zero-order valence-electron chi connectivity index (χ0n) is 10.2. The van der Waals surface area contributed by atoms with Gasteiger partial charge in [-0.25, -0.2) is 0 Å². The van der Waals surface area contributed by atoms with Gasteiger partial charge in [0, 0.05) is 0 Å². The molecule has 0 bridgehead atoms. The Balaban J connectivity index is 0.000000921. The van der Waals surface area contributed by atoms with Crippen LogP contribution in [0.5, 0.6) is 0 Å². The summed E-state index contributed by atoms with van der Waals surface area (Å²) in [6.07, 6.45) is 9.94. The molecule has 0 saturated heterocycles. The third kappa shape index (κ3) is 5.31. The van der Waals surface area contributed by atoms with Gasteiger partial charge in [0.25, 0.3) is 0 Å². The zero-order chi connectivity index (χ0) is 11.5. The van der Waals surface area contributed by atoms with Crippen molar-refractivity contribution in [2.75, 3.05) is 13.7 Å². The van der Waals surface area contributed by atoms with Gasteiger partial charge in [-0.15, -0.1) is 0 Å². The lowest BCUT2D eigenvalue weighted by atomic mass is 10.3. The van der Waals surface area contributed by atoms with Gasteiger partial charge in [0.05, 0.1) is 13.7 Å². The van der Waals surface area contributed by atoms with Crippen LogP contribution in [0.15, 0.2) is 35.8 Å². The smallest absolute Gasteiger partial charge is 0.160 e. The largest absolute Gasteiger partial charge is 0.493 e. The third-order valence-electron chi connectivity index (χ3n) is 1.75. The van der Waals surface area contributed by atoms with E-state index >= 15 is 0 Å². The summed E-state index contributed by atoms with van der Waals surface area (Å²) in [4.78, 5) is 0. The Morgan fingerprint density at radius 3 is 2.60 bits per heavy atom. The molecule has 0 spiro atoms. The van der Waals surface area contributed by atoms with Gasteiger partial charge in [-0.05, 0) is 25.0 Å². The van der Waals surface area contributed by atoms with Crippen molar-refractivity contribution < 1.29 is 9.47 Å². The van der Waals surface area contributed by atoms with E-state index in [1.165, 1.54) is 0 Å². The average Bonchev–Trinajstić information content (AvgIpc) is 2.53. The Hall–Kier alpha value is -1.18. The van der Waals surface area contributed by atoms with E-state index < -0.39 is 0 Å². The van der Waals surface area contributed by atoms with Gasteiger partial charge in [0.1, 0.15) is 0 Å². The van der Waals surface area contributed by atoms with E-state index in [2.05, 4.69) is 13.0 Å². The normalized spacial score (nSPS) is 14.1. The molecule has 0 aliphatic heterocycles. The number of hydrogen-bond donors (Lipinski definition) is 0. The zero-order valence-corrected chi connectivity index (χ0v) is 10.2. The lowest BCUT2D eigenvalue weighted by Crippen LogP contribution is -1.99. The van der Waals surface area contributed by atoms with E-state index in [9.17, 15) is 0 Å². The fourth-order valence-corrected chi connectivity index (χ4v) is 1.10. The molecule has 0 unspecified atom stereocenters. The molecule has 0 fully saturated rings. The van der Waals surface area contributed by atoms with Gasteiger partial charge >= 0.3 is 0 Å². The summed E-state index contributed by atoms with van der Waals surface area (Å²) < 4.78 is 10.7. The summed E-state index contributed by atoms with van der Waals surface area (Å²) in [5, 5.41) is 0. The van der Waals surface area contributed by atoms with Crippen LogP contribution >= 0.6 is 0 Å². The third-order valence-corrected chi connectivity index (χ3v) is 1.75. The molecular formula is C13H22O2. The summed E-state index contributed by atoms with van der Waals surface area (Å²) in [5.41, 5.74) is 0. The summed E-state index contributed by atoms with van der Waals surface area (Å²) >= 11 is 0. The number of ether oxygens (including phenoxy) is 2. The first-order chi connectivity index (χ1) is 7.38. The minimum Gasteiger partial charge on any atom is -0.493 e. The second-order valence-corrected chi connectivity index (χ2v) is 2.82. The highest BCUT2D eigenvalue weighted by Crippen LogP contribution is 2.16. The molecule has 1 aliphatic rings. The Morgan fingerprint density at radius 2 is 2.00 bits per heavy atom. The lowest BCUT2D eigenvalue weighted by Gasteiger charge is -2.10. The molecule has 0 radical (unpaired) electrons. The monoisotopic (exact) mass is 210 g/mol. The van der Waals surface area contributed by atoms with Gasteiger partial charge in [0.2, 0.25) is 0 Å². The second kappa shape index (κ2) is 9.38. The predicted molar refractivity (Wildman–Crippen MR) is 64.5 cm³/mol. The van der Waals surface area contributed by atoms with Crippen LogP contribution in [0.1, 0.15) is 33.6 Å². The second-order valence-electron chi connectivity index (χ2n) is 2.82. The topological polar surface area (TPSA) is 18.5 Å². The summed E-state index contributed by atoms with van der Waals surface area (Å²) in [6, 6.07) is 0. The van der Waals surface area contributed by atoms with Crippen LogP contribution in [0.2, 0.25) is 0 Å². The molecule has 15 heavy (non-hydrogen) atoms. The molecule has 1 rings (SSSR count). The minimum absolute atomic E-state index is 0.743. The molecule has 0 aromatic heterocycles. The Labute approximate surface area is 93.3 Å². The fourth-order valence-electron chi connectivity index (χ4n) is 1.10. The highest BCUT2D eigenvalue weighted by atomic mass is 16.5. The van der Waals surface area contributed by atoms with Crippen molar-refractivity contribution in [3.8, 4) is 0 Å². The molecule has 0 amide bonds. The first kappa shape index (κ1) is 13.8. The van der Waals surface area contributed by atoms with Gasteiger partial charge in [-0.3, -0.25) is 0 Å². The van der Waals surface area contributed by atoms with Gasteiger partial charge in [0.15, 0.2) is 11.5 Å². The minimum atomic E-state index is 0.743. The standard InChI is InChI=1S/C11H16O2.C2H6/c1-3-9-13-11-8-6-4-5-7-10(11)12-2;1-2/h4-5,7-8H,3,6,9H2,1-2H3;1-2H3. The molecule has 0 atom stereocenters. The van der Waals surface area contributed by atoms with Gasteiger partial charge in [-0.1, -0.05) is 32.9 Å². The lowest BCUT2D eigenvalue weighted by molar-refractivity contribution is 0.176. The number of rotatable bonds is 4. The highest BCUT2D eigenvalue weighted by molar-refractivity contribution is 5.28. The summed E-state index contributed by atoms with van der Waals surface area (Å²) in [5.74, 6) is 1.66. The van der Waals surface area contributed by atoms with E-state index in [1.807, 2.05) is 32.1 Å². The molecule has 0 N–H and O–H groups in total. The van der Waals surface area contributed by atoms with Crippen LogP contribution < -0.4 is 0 Å². The molecule has 0 heterocycles. The maximum Gasteiger partial charge on any atom is 0.160 e. The van der Waals surface area contributed by atoms with Crippen LogP contribution in [-0.4, -0.2) is 13.7 Å². The molecular weight excluding hydrogens is 188 g/mol. The SMILES string of the molecule is CC.CCCOC1=CCC=CC=C1OC. The maximum atomic E-state index is 5.54. The molecule has 0 aromatic rings. The Morgan fingerprint density at radius 1 is 1.27 bits per heavy atom. The molecule has 0 aromatic carbocycles. The summed E-state index contributed by atoms with van der Waals surface area (Å²) in [7, 11) is 1.66. The Bertz CT molecular complexity index is 237. The van der Waals surface area contributed by atoms with Crippen molar-refractivity contribution in [3.05, 3.63) is 35.8 Å². The van der Waals surface area contributed by atoms with E-state index in [1.54, 1.807) is 7.11 Å². The van der Waals surface area contributed by atoms with E-state index in [-0.39, 0.29) is 0 Å². The van der Waals surface area contributed by atoms with E-state index in [4.69, 9.17) is 9.47 Å². The van der Waals surface area contributed by atoms with E-state index in [0.717, 1.165) is 31.0 Å². The molecule has 2 nitrogen and oxygen atoms in total. The maximum absolute atomic E-state index is 5.54. The number of hydrogen-bond acceptors (Lipinski definition) is 2. The van der Waals surface area contributed by atoms with Crippen molar-refractivity contribution in [1.29, 1.82) is 0 Å². The van der Waals surface area contributed by atoms with Crippen molar-refractivity contribution >= 4 is 0 Å². The molecule has 1 aliphatic carbocycles. The van der Waals surface area contributed by atoms with Crippen molar-refractivity contribution in [2.45, 2.75) is 33.6 Å². The predicted octanol–water partition coefficient (Wildman–Crippen LogP) is 3.81. The van der Waals surface area contributed by atoms with Crippen molar-refractivity contribution in [2.24, 2.45) is 0 Å². The van der Waals surface area contributed by atoms with Crippen LogP contribution in [0.25, 0.3) is 0 Å². The first-order valence-electron chi connectivity index (χ1n) is 5.62. The van der Waals surface area contributed by atoms with Crippen molar-refractivity contribution in [1.82, 2.24) is 0 Å². The Kier molecular flexibility index (Phi) is 8.64. The summed E-state index contributed by atoms with van der Waals surface area (Å²) in [6.45, 7) is 6.83. The quantitative estimate of drug-likeness (QED) is 0.702. The number of allylic oxidation sites excluding steroid dienone is 4. The van der Waals surface area contributed by atoms with Gasteiger partial charge in [-0.2, -0.15) is 0 Å². The van der Waals surface area contributed by atoms with Gasteiger partial charge < -0.3 is 9.47 Å². The molecule has 0 saturated carbocycles. The average molecular weight is 210 g/mol. The molecule has 2 heteroatoms. The number of methoxy groups -OCH3 is 1. The van der Waals surface area contributed by atoms with E-state index in [0.29, 0.717) is 0 Å². The highest BCUT2D eigenvalue weighted by Gasteiger charge is 2.06. The van der Waals surface area contributed by atoms with Crippen LogP contribution in [0.3, 0.4) is 0 Å². The van der Waals surface area contributed by atoms with Crippen molar-refractivity contribution in [3.63, 3.8) is 0 Å². The van der Waals surface area contributed by atoms with Crippen LogP contribution in [-0.2, 0) is 9.47 Å². The molecule has 86 valence electrons. The first-order valence-corrected chi connectivity index (χ1v) is 5.62.